The number of aryl methyl sites for hydroxylation is 1. The number of hydrogen-bond donors (Lipinski definition) is 0. The lowest BCUT2D eigenvalue weighted by Crippen LogP contribution is -2.49. The molecule has 1 aromatic carbocycles. The van der Waals surface area contributed by atoms with E-state index in [1.165, 1.54) is 12.0 Å². The molecule has 0 N–H and O–H groups in total. The lowest BCUT2D eigenvalue weighted by molar-refractivity contribution is -0.131. The number of ether oxygens (including phenoxy) is 1. The molecule has 5 nitrogen and oxygen atoms in total. The second-order valence-corrected chi connectivity index (χ2v) is 6.48. The predicted molar refractivity (Wildman–Crippen MR) is 84.3 cm³/mol. The van der Waals surface area contributed by atoms with Gasteiger partial charge < -0.3 is 14.5 Å². The Balaban J connectivity index is 1.96. The molecule has 0 unspecified atom stereocenters. The summed E-state index contributed by atoms with van der Waals surface area (Å²) in [5, 5.41) is 0. The summed E-state index contributed by atoms with van der Waals surface area (Å²) in [4.78, 5) is 28.0. The first-order chi connectivity index (χ1) is 10.9. The average Bonchev–Trinajstić information content (AvgIpc) is 2.79. The Bertz CT molecular complexity index is 663. The highest BCUT2D eigenvalue weighted by molar-refractivity contribution is 6.04. The summed E-state index contributed by atoms with van der Waals surface area (Å²) in [6, 6.07) is 5.02. The minimum atomic E-state index is -1.79. The van der Waals surface area contributed by atoms with Gasteiger partial charge in [0.15, 0.2) is 5.67 Å². The van der Waals surface area contributed by atoms with Crippen molar-refractivity contribution in [2.75, 3.05) is 38.7 Å². The molecule has 23 heavy (non-hydrogen) atoms. The normalized spacial score (nSPS) is 27.9. The van der Waals surface area contributed by atoms with Crippen LogP contribution in [0.5, 0.6) is 0 Å². The van der Waals surface area contributed by atoms with Gasteiger partial charge in [-0.15, -0.1) is 0 Å². The van der Waals surface area contributed by atoms with E-state index in [0.29, 0.717) is 30.9 Å². The van der Waals surface area contributed by atoms with Gasteiger partial charge in [0.1, 0.15) is 0 Å². The van der Waals surface area contributed by atoms with Crippen LogP contribution in [-0.2, 0) is 9.53 Å². The van der Waals surface area contributed by atoms with E-state index in [-0.39, 0.29) is 12.3 Å². The van der Waals surface area contributed by atoms with Gasteiger partial charge in [-0.25, -0.2) is 9.18 Å². The third-order valence-corrected chi connectivity index (χ3v) is 4.96. The molecule has 6 heteroatoms. The number of alkyl halides is 1. The number of piperidine rings is 1. The number of fused-ring (bicyclic) bond motifs is 1. The number of amides is 1. The second-order valence-electron chi connectivity index (χ2n) is 6.48. The van der Waals surface area contributed by atoms with E-state index < -0.39 is 17.5 Å². The van der Waals surface area contributed by atoms with E-state index in [9.17, 15) is 9.59 Å². The van der Waals surface area contributed by atoms with Gasteiger partial charge in [0.25, 0.3) is 5.91 Å². The molecule has 0 spiro atoms. The molecule has 0 aromatic heterocycles. The molecule has 2 heterocycles. The predicted octanol–water partition coefficient (Wildman–Crippen LogP) is 1.79. The quantitative estimate of drug-likeness (QED) is 0.780. The standard InChI is InChI=1S/C17H21FN2O3/c1-11-4-5-12(15(21)23-3)8-14(11)20-10-13-9-19(2)7-6-17(13,18)16(20)22/h4-5,8,13H,6-7,9-10H2,1-3H3/t13-,17+/m0/s1. The van der Waals surface area contributed by atoms with Crippen LogP contribution < -0.4 is 4.90 Å². The van der Waals surface area contributed by atoms with Crippen LogP contribution in [0.2, 0.25) is 0 Å². The van der Waals surface area contributed by atoms with Gasteiger partial charge in [0, 0.05) is 37.7 Å². The number of anilines is 1. The number of carbonyl (C=O) groups is 2. The Morgan fingerprint density at radius 2 is 2.13 bits per heavy atom. The Morgan fingerprint density at radius 1 is 1.39 bits per heavy atom. The lowest BCUT2D eigenvalue weighted by Gasteiger charge is -2.34. The van der Waals surface area contributed by atoms with Crippen molar-refractivity contribution in [3.8, 4) is 0 Å². The van der Waals surface area contributed by atoms with Crippen molar-refractivity contribution in [3.63, 3.8) is 0 Å². The number of carbonyl (C=O) groups excluding carboxylic acids is 2. The number of likely N-dealkylation sites (tertiary alicyclic amines) is 1. The van der Waals surface area contributed by atoms with E-state index in [1.807, 2.05) is 14.0 Å². The zero-order chi connectivity index (χ0) is 16.8. The number of nitrogens with zero attached hydrogens (tertiary/aromatic N) is 2. The summed E-state index contributed by atoms with van der Waals surface area (Å²) < 4.78 is 19.9. The fourth-order valence-corrected chi connectivity index (χ4v) is 3.53. The molecule has 0 radical (unpaired) electrons. The van der Waals surface area contributed by atoms with Crippen molar-refractivity contribution < 1.29 is 18.7 Å². The van der Waals surface area contributed by atoms with Crippen molar-refractivity contribution in [3.05, 3.63) is 29.3 Å². The number of rotatable bonds is 2. The fourth-order valence-electron chi connectivity index (χ4n) is 3.53. The first-order valence-corrected chi connectivity index (χ1v) is 7.75. The Morgan fingerprint density at radius 3 is 2.83 bits per heavy atom. The molecule has 2 aliphatic rings. The maximum Gasteiger partial charge on any atom is 0.337 e. The van der Waals surface area contributed by atoms with Crippen LogP contribution in [0.4, 0.5) is 10.1 Å². The van der Waals surface area contributed by atoms with Crippen molar-refractivity contribution in [2.24, 2.45) is 5.92 Å². The molecule has 2 aliphatic heterocycles. The molecule has 1 amide bonds. The largest absolute Gasteiger partial charge is 0.465 e. The lowest BCUT2D eigenvalue weighted by atomic mass is 9.85. The Kier molecular flexibility index (Phi) is 3.88. The van der Waals surface area contributed by atoms with Crippen molar-refractivity contribution in [1.82, 2.24) is 4.90 Å². The summed E-state index contributed by atoms with van der Waals surface area (Å²) in [5.41, 5.74) is -0.00498. The molecule has 3 rings (SSSR count). The van der Waals surface area contributed by atoms with Gasteiger partial charge in [-0.3, -0.25) is 4.79 Å². The zero-order valence-electron chi connectivity index (χ0n) is 13.6. The molecule has 0 bridgehead atoms. The van der Waals surface area contributed by atoms with Crippen LogP contribution in [0.3, 0.4) is 0 Å². The zero-order valence-corrected chi connectivity index (χ0v) is 13.6. The fraction of sp³-hybridized carbons (Fsp3) is 0.529. The molecule has 2 saturated heterocycles. The SMILES string of the molecule is COC(=O)c1ccc(C)c(N2C[C@@H]3CN(C)CC[C@]3(F)C2=O)c1. The summed E-state index contributed by atoms with van der Waals surface area (Å²) in [5.74, 6) is -1.29. The minimum absolute atomic E-state index is 0.221. The summed E-state index contributed by atoms with van der Waals surface area (Å²) in [7, 11) is 3.25. The van der Waals surface area contributed by atoms with Gasteiger partial charge in [0.05, 0.1) is 12.7 Å². The monoisotopic (exact) mass is 320 g/mol. The molecular formula is C17H21FN2O3. The highest BCUT2D eigenvalue weighted by Crippen LogP contribution is 2.42. The highest BCUT2D eigenvalue weighted by atomic mass is 19.1. The second kappa shape index (κ2) is 5.60. The summed E-state index contributed by atoms with van der Waals surface area (Å²) >= 11 is 0. The van der Waals surface area contributed by atoms with Crippen molar-refractivity contribution >= 4 is 17.6 Å². The smallest absolute Gasteiger partial charge is 0.337 e. The first kappa shape index (κ1) is 15.9. The number of methoxy groups -OCH3 is 1. The summed E-state index contributed by atoms with van der Waals surface area (Å²) in [6.07, 6.45) is 0.221. The molecule has 1 aromatic rings. The van der Waals surface area contributed by atoms with E-state index >= 15 is 4.39 Å². The van der Waals surface area contributed by atoms with Crippen LogP contribution in [0, 0.1) is 12.8 Å². The van der Waals surface area contributed by atoms with Crippen LogP contribution in [-0.4, -0.2) is 56.2 Å². The van der Waals surface area contributed by atoms with Crippen molar-refractivity contribution in [2.45, 2.75) is 19.0 Å². The highest BCUT2D eigenvalue weighted by Gasteiger charge is 2.57. The van der Waals surface area contributed by atoms with Crippen LogP contribution in [0.1, 0.15) is 22.3 Å². The minimum Gasteiger partial charge on any atom is -0.465 e. The van der Waals surface area contributed by atoms with E-state index in [0.717, 1.165) is 5.56 Å². The number of hydrogen-bond acceptors (Lipinski definition) is 4. The third-order valence-electron chi connectivity index (χ3n) is 4.96. The van der Waals surface area contributed by atoms with Gasteiger partial charge >= 0.3 is 5.97 Å². The molecule has 0 saturated carbocycles. The topological polar surface area (TPSA) is 49.9 Å². The van der Waals surface area contributed by atoms with Crippen LogP contribution >= 0.6 is 0 Å². The van der Waals surface area contributed by atoms with E-state index in [4.69, 9.17) is 4.74 Å². The molecule has 2 fully saturated rings. The van der Waals surface area contributed by atoms with Gasteiger partial charge in [-0.2, -0.15) is 0 Å². The molecule has 2 atom stereocenters. The number of esters is 1. The Labute approximate surface area is 135 Å². The maximum absolute atomic E-state index is 15.2. The van der Waals surface area contributed by atoms with Gasteiger partial charge in [-0.05, 0) is 31.7 Å². The average molecular weight is 320 g/mol. The Hall–Kier alpha value is -1.95. The molecule has 0 aliphatic carbocycles. The van der Waals surface area contributed by atoms with E-state index in [2.05, 4.69) is 4.90 Å². The van der Waals surface area contributed by atoms with Crippen LogP contribution in [0.15, 0.2) is 18.2 Å². The number of halogens is 1. The van der Waals surface area contributed by atoms with Gasteiger partial charge in [-0.1, -0.05) is 6.07 Å². The third kappa shape index (κ3) is 2.51. The van der Waals surface area contributed by atoms with E-state index in [1.54, 1.807) is 18.2 Å². The number of benzene rings is 1. The molecule has 124 valence electrons. The molecular weight excluding hydrogens is 299 g/mol. The van der Waals surface area contributed by atoms with Gasteiger partial charge in [0.2, 0.25) is 0 Å². The van der Waals surface area contributed by atoms with Crippen molar-refractivity contribution in [1.29, 1.82) is 0 Å². The first-order valence-electron chi connectivity index (χ1n) is 7.75. The van der Waals surface area contributed by atoms with Crippen LogP contribution in [0.25, 0.3) is 0 Å². The summed E-state index contributed by atoms with van der Waals surface area (Å²) in [6.45, 7) is 3.33. The maximum atomic E-state index is 15.2.